The van der Waals surface area contributed by atoms with Crippen LogP contribution in [0.25, 0.3) is 33.5 Å². The first-order chi connectivity index (χ1) is 12.6. The third-order valence-corrected chi connectivity index (χ3v) is 4.88. The summed E-state index contributed by atoms with van der Waals surface area (Å²) in [5.74, 6) is -0.382. The minimum atomic E-state index is -0.896. The number of aromatic nitrogens is 4. The topological polar surface area (TPSA) is 94.7 Å². The first-order valence-electron chi connectivity index (χ1n) is 8.07. The molecular weight excluding hydrogens is 348 g/mol. The van der Waals surface area contributed by atoms with E-state index in [0.717, 1.165) is 39.5 Å². The van der Waals surface area contributed by atoms with Crippen LogP contribution >= 0.6 is 11.8 Å². The highest BCUT2D eigenvalue weighted by atomic mass is 32.2. The molecule has 3 N–H and O–H groups in total. The number of aliphatic carboxylic acids is 1. The Kier molecular flexibility index (Phi) is 4.22. The Bertz CT molecular complexity index is 1090. The Morgan fingerprint density at radius 2 is 2.00 bits per heavy atom. The summed E-state index contributed by atoms with van der Waals surface area (Å²) in [6.07, 6.45) is 0. The van der Waals surface area contributed by atoms with Crippen LogP contribution in [0.3, 0.4) is 0 Å². The molecule has 0 aliphatic rings. The van der Waals surface area contributed by atoms with E-state index in [2.05, 4.69) is 57.4 Å². The van der Waals surface area contributed by atoms with Gasteiger partial charge in [0.25, 0.3) is 0 Å². The summed E-state index contributed by atoms with van der Waals surface area (Å²) >= 11 is 1.09. The van der Waals surface area contributed by atoms with Crippen LogP contribution in [0.15, 0.2) is 53.7 Å². The molecule has 0 aliphatic carbocycles. The lowest BCUT2D eigenvalue weighted by atomic mass is 10.0. The first-order valence-corrected chi connectivity index (χ1v) is 9.05. The molecule has 0 fully saturated rings. The third-order valence-electron chi connectivity index (χ3n) is 4.04. The Labute approximate surface area is 153 Å². The number of aromatic amines is 2. The van der Waals surface area contributed by atoms with Crippen LogP contribution in [0.1, 0.15) is 5.56 Å². The van der Waals surface area contributed by atoms with Crippen molar-refractivity contribution in [3.8, 4) is 22.6 Å². The third kappa shape index (κ3) is 3.09. The summed E-state index contributed by atoms with van der Waals surface area (Å²) in [4.78, 5) is 18.6. The normalized spacial score (nSPS) is 11.1. The molecule has 26 heavy (non-hydrogen) atoms. The Morgan fingerprint density at radius 3 is 2.77 bits per heavy atom. The smallest absolute Gasteiger partial charge is 0.313 e. The van der Waals surface area contributed by atoms with Gasteiger partial charge < -0.3 is 10.1 Å². The van der Waals surface area contributed by atoms with Gasteiger partial charge in [-0.25, -0.2) is 0 Å². The highest BCUT2D eigenvalue weighted by Crippen LogP contribution is 2.37. The number of thioether (sulfide) groups is 1. The maximum atomic E-state index is 10.7. The quantitative estimate of drug-likeness (QED) is 0.463. The van der Waals surface area contributed by atoms with Gasteiger partial charge in [0.05, 0.1) is 11.4 Å². The average molecular weight is 364 g/mol. The van der Waals surface area contributed by atoms with Gasteiger partial charge in [-0.3, -0.25) is 9.89 Å². The Morgan fingerprint density at radius 1 is 1.19 bits per heavy atom. The summed E-state index contributed by atoms with van der Waals surface area (Å²) in [6, 6.07) is 16.4. The fourth-order valence-electron chi connectivity index (χ4n) is 2.94. The van der Waals surface area contributed by atoms with Gasteiger partial charge in [0.1, 0.15) is 0 Å². The molecule has 0 spiro atoms. The molecule has 0 saturated heterocycles. The summed E-state index contributed by atoms with van der Waals surface area (Å²) in [7, 11) is 0. The molecule has 0 bridgehead atoms. The lowest BCUT2D eigenvalue weighted by molar-refractivity contribution is -0.133. The molecule has 0 amide bonds. The Balaban J connectivity index is 1.86. The maximum absolute atomic E-state index is 10.7. The number of rotatable bonds is 5. The molecule has 6 nitrogen and oxygen atoms in total. The van der Waals surface area contributed by atoms with E-state index in [0.29, 0.717) is 11.0 Å². The molecule has 2 aromatic heterocycles. The molecule has 0 saturated carbocycles. The van der Waals surface area contributed by atoms with Crippen LogP contribution in [0.5, 0.6) is 0 Å². The number of carboxylic acid groups (broad SMARTS) is 1. The van der Waals surface area contributed by atoms with Crippen molar-refractivity contribution < 1.29 is 9.90 Å². The van der Waals surface area contributed by atoms with Crippen molar-refractivity contribution in [3.05, 3.63) is 54.1 Å². The van der Waals surface area contributed by atoms with E-state index in [4.69, 9.17) is 5.11 Å². The largest absolute Gasteiger partial charge is 0.481 e. The molecule has 4 aromatic rings. The minimum absolute atomic E-state index is 0.0747. The molecule has 0 atom stereocenters. The number of hydrogen-bond donors (Lipinski definition) is 3. The van der Waals surface area contributed by atoms with Crippen molar-refractivity contribution in [1.82, 2.24) is 20.2 Å². The second-order valence-corrected chi connectivity index (χ2v) is 6.88. The number of nitrogens with one attached hydrogen (secondary N) is 2. The number of H-pyrrole nitrogens is 2. The predicted molar refractivity (Wildman–Crippen MR) is 102 cm³/mol. The highest BCUT2D eigenvalue weighted by molar-refractivity contribution is 7.99. The van der Waals surface area contributed by atoms with Crippen LogP contribution in [0.4, 0.5) is 0 Å². The molecule has 130 valence electrons. The molecular formula is C19H16N4O2S. The van der Waals surface area contributed by atoms with Crippen molar-refractivity contribution in [2.24, 2.45) is 0 Å². The second kappa shape index (κ2) is 6.68. The van der Waals surface area contributed by atoms with Crippen LogP contribution in [0.2, 0.25) is 0 Å². The van der Waals surface area contributed by atoms with E-state index in [1.807, 2.05) is 18.2 Å². The number of aryl methyl sites for hydroxylation is 1. The van der Waals surface area contributed by atoms with Crippen LogP contribution < -0.4 is 0 Å². The SMILES string of the molecule is Cc1ccc2[nH]c(-c3nc(SCC(=O)O)n[nH]3)c(-c3ccccc3)c2c1. The number of fused-ring (bicyclic) bond motifs is 1. The highest BCUT2D eigenvalue weighted by Gasteiger charge is 2.18. The predicted octanol–water partition coefficient (Wildman–Crippen LogP) is 4.11. The van der Waals surface area contributed by atoms with Gasteiger partial charge in [-0.1, -0.05) is 53.7 Å². The van der Waals surface area contributed by atoms with Crippen molar-refractivity contribution in [2.75, 3.05) is 5.75 Å². The van der Waals surface area contributed by atoms with Gasteiger partial charge >= 0.3 is 5.97 Å². The molecule has 0 unspecified atom stereocenters. The van der Waals surface area contributed by atoms with Crippen LogP contribution in [-0.2, 0) is 4.79 Å². The number of carbonyl (C=O) groups is 1. The van der Waals surface area contributed by atoms with Gasteiger partial charge in [0.15, 0.2) is 5.82 Å². The van der Waals surface area contributed by atoms with Gasteiger partial charge in [-0.05, 0) is 24.6 Å². The fourth-order valence-corrected chi connectivity index (χ4v) is 3.46. The molecule has 4 rings (SSSR count). The zero-order chi connectivity index (χ0) is 18.1. The summed E-state index contributed by atoms with van der Waals surface area (Å²) in [5, 5.41) is 17.4. The lowest BCUT2D eigenvalue weighted by Crippen LogP contribution is -1.97. The van der Waals surface area contributed by atoms with Gasteiger partial charge in [0.2, 0.25) is 5.16 Å². The maximum Gasteiger partial charge on any atom is 0.313 e. The number of hydrogen-bond acceptors (Lipinski definition) is 4. The lowest BCUT2D eigenvalue weighted by Gasteiger charge is -2.03. The van der Waals surface area contributed by atoms with Gasteiger partial charge in [-0.15, -0.1) is 5.10 Å². The van der Waals surface area contributed by atoms with E-state index in [-0.39, 0.29) is 5.75 Å². The number of benzene rings is 2. The summed E-state index contributed by atoms with van der Waals surface area (Å²) in [5.41, 5.74) is 5.16. The zero-order valence-corrected chi connectivity index (χ0v) is 14.8. The molecule has 0 aliphatic heterocycles. The zero-order valence-electron chi connectivity index (χ0n) is 14.0. The summed E-state index contributed by atoms with van der Waals surface area (Å²) < 4.78 is 0. The van der Waals surface area contributed by atoms with Gasteiger partial charge in [-0.2, -0.15) is 4.98 Å². The van der Waals surface area contributed by atoms with Crippen molar-refractivity contribution in [1.29, 1.82) is 0 Å². The van der Waals surface area contributed by atoms with Crippen molar-refractivity contribution in [3.63, 3.8) is 0 Å². The van der Waals surface area contributed by atoms with E-state index in [1.54, 1.807) is 0 Å². The monoisotopic (exact) mass is 364 g/mol. The molecule has 2 heterocycles. The molecule has 7 heteroatoms. The standard InChI is InChI=1S/C19H16N4O2S/c1-11-7-8-14-13(9-11)16(12-5-3-2-4-6-12)17(20-14)18-21-19(23-22-18)26-10-15(24)25/h2-9,20H,10H2,1H3,(H,24,25)(H,21,22,23). The first kappa shape index (κ1) is 16.4. The van der Waals surface area contributed by atoms with Gasteiger partial charge in [0, 0.05) is 16.5 Å². The molecule has 2 aromatic carbocycles. The van der Waals surface area contributed by atoms with E-state index >= 15 is 0 Å². The van der Waals surface area contributed by atoms with Crippen molar-refractivity contribution >= 4 is 28.6 Å². The second-order valence-electron chi connectivity index (χ2n) is 5.94. The number of carboxylic acids is 1. The van der Waals surface area contributed by atoms with Crippen LogP contribution in [-0.4, -0.2) is 37.0 Å². The number of nitrogens with zero attached hydrogens (tertiary/aromatic N) is 2. The Hall–Kier alpha value is -3.06. The van der Waals surface area contributed by atoms with Crippen LogP contribution in [0, 0.1) is 6.92 Å². The van der Waals surface area contributed by atoms with E-state index < -0.39 is 5.97 Å². The van der Waals surface area contributed by atoms with E-state index in [1.165, 1.54) is 5.56 Å². The average Bonchev–Trinajstić information content (AvgIpc) is 3.24. The molecule has 0 radical (unpaired) electrons. The van der Waals surface area contributed by atoms with Crippen molar-refractivity contribution in [2.45, 2.75) is 12.1 Å². The minimum Gasteiger partial charge on any atom is -0.481 e. The fraction of sp³-hybridized carbons (Fsp3) is 0.105. The summed E-state index contributed by atoms with van der Waals surface area (Å²) in [6.45, 7) is 2.07. The van der Waals surface area contributed by atoms with E-state index in [9.17, 15) is 4.79 Å².